The number of piperidine rings is 1. The van der Waals surface area contributed by atoms with Gasteiger partial charge in [-0.2, -0.15) is 0 Å². The van der Waals surface area contributed by atoms with Crippen LogP contribution in [0.5, 0.6) is 0 Å². The number of hydrogen-bond donors (Lipinski definition) is 1. The van der Waals surface area contributed by atoms with E-state index in [0.717, 1.165) is 43.7 Å². The number of carbonyl (C=O) groups is 1. The number of hydrogen-bond acceptors (Lipinski definition) is 4. The summed E-state index contributed by atoms with van der Waals surface area (Å²) >= 11 is 0. The topological polar surface area (TPSA) is 50.8 Å². The Morgan fingerprint density at radius 1 is 1.22 bits per heavy atom. The van der Waals surface area contributed by atoms with Gasteiger partial charge in [0.1, 0.15) is 0 Å². The molecule has 2 heterocycles. The van der Waals surface area contributed by atoms with Crippen LogP contribution in [0.3, 0.4) is 0 Å². The van der Waals surface area contributed by atoms with Gasteiger partial charge in [0.15, 0.2) is 5.79 Å². The average molecular weight is 318 g/mol. The summed E-state index contributed by atoms with van der Waals surface area (Å²) in [4.78, 5) is 14.5. The lowest BCUT2D eigenvalue weighted by Gasteiger charge is -2.37. The molecule has 1 amide bonds. The van der Waals surface area contributed by atoms with E-state index in [9.17, 15) is 4.79 Å². The van der Waals surface area contributed by atoms with Crippen LogP contribution >= 0.6 is 0 Å². The number of nitrogens with zero attached hydrogens (tertiary/aromatic N) is 1. The summed E-state index contributed by atoms with van der Waals surface area (Å²) in [5, 5.41) is 3.01. The zero-order valence-electron chi connectivity index (χ0n) is 14.1. The van der Waals surface area contributed by atoms with E-state index in [0.29, 0.717) is 19.6 Å². The van der Waals surface area contributed by atoms with Gasteiger partial charge in [-0.1, -0.05) is 17.7 Å². The van der Waals surface area contributed by atoms with E-state index in [-0.39, 0.29) is 11.7 Å². The molecular weight excluding hydrogens is 292 g/mol. The number of amides is 1. The van der Waals surface area contributed by atoms with Gasteiger partial charge < -0.3 is 19.7 Å². The first-order valence-electron chi connectivity index (χ1n) is 8.44. The van der Waals surface area contributed by atoms with E-state index in [1.54, 1.807) is 0 Å². The summed E-state index contributed by atoms with van der Waals surface area (Å²) in [6.45, 7) is 8.13. The minimum Gasteiger partial charge on any atom is -0.347 e. The maximum Gasteiger partial charge on any atom is 0.225 e. The van der Waals surface area contributed by atoms with Crippen molar-refractivity contribution in [3.8, 4) is 0 Å². The van der Waals surface area contributed by atoms with Crippen LogP contribution in [0.4, 0.5) is 5.69 Å². The second-order valence-corrected chi connectivity index (χ2v) is 6.57. The zero-order valence-corrected chi connectivity index (χ0v) is 14.1. The van der Waals surface area contributed by atoms with Crippen molar-refractivity contribution in [3.05, 3.63) is 29.3 Å². The third-order valence-electron chi connectivity index (χ3n) is 4.74. The second-order valence-electron chi connectivity index (χ2n) is 6.57. The van der Waals surface area contributed by atoms with E-state index in [2.05, 4.69) is 23.2 Å². The van der Waals surface area contributed by atoms with Gasteiger partial charge in [0, 0.05) is 44.6 Å². The Bertz CT molecular complexity index is 557. The molecule has 2 aliphatic heterocycles. The molecule has 1 aromatic carbocycles. The minimum absolute atomic E-state index is 0.0746. The van der Waals surface area contributed by atoms with Gasteiger partial charge in [-0.25, -0.2) is 0 Å². The Kier molecular flexibility index (Phi) is 4.99. The van der Waals surface area contributed by atoms with Crippen molar-refractivity contribution >= 4 is 11.6 Å². The predicted octanol–water partition coefficient (Wildman–Crippen LogP) is 2.47. The van der Waals surface area contributed by atoms with E-state index in [4.69, 9.17) is 9.47 Å². The summed E-state index contributed by atoms with van der Waals surface area (Å²) in [6.07, 6.45) is 2.30. The summed E-state index contributed by atoms with van der Waals surface area (Å²) in [5.41, 5.74) is 3.22. The number of aryl methyl sites for hydroxylation is 2. The molecule has 3 rings (SSSR count). The molecule has 2 aliphatic rings. The SMILES string of the molecule is Cc1ccc(NC(=O)CCN2CCC3(CC2)OCCO3)c(C)c1. The Labute approximate surface area is 137 Å². The van der Waals surface area contributed by atoms with E-state index in [1.807, 2.05) is 19.1 Å². The molecule has 5 nitrogen and oxygen atoms in total. The van der Waals surface area contributed by atoms with Crippen molar-refractivity contribution in [2.45, 2.75) is 38.9 Å². The van der Waals surface area contributed by atoms with Gasteiger partial charge in [-0.15, -0.1) is 0 Å². The van der Waals surface area contributed by atoms with Gasteiger partial charge >= 0.3 is 0 Å². The van der Waals surface area contributed by atoms with Crippen LogP contribution < -0.4 is 5.32 Å². The molecule has 2 saturated heterocycles. The van der Waals surface area contributed by atoms with Gasteiger partial charge in [0.05, 0.1) is 13.2 Å². The molecule has 2 fully saturated rings. The van der Waals surface area contributed by atoms with E-state index >= 15 is 0 Å². The molecule has 0 aliphatic carbocycles. The monoisotopic (exact) mass is 318 g/mol. The number of carbonyl (C=O) groups excluding carboxylic acids is 1. The highest BCUT2D eigenvalue weighted by Crippen LogP contribution is 2.31. The normalized spacial score (nSPS) is 20.8. The van der Waals surface area contributed by atoms with Crippen molar-refractivity contribution in [2.75, 3.05) is 38.2 Å². The first kappa shape index (κ1) is 16.4. The van der Waals surface area contributed by atoms with Gasteiger partial charge in [0.2, 0.25) is 5.91 Å². The molecule has 23 heavy (non-hydrogen) atoms. The van der Waals surface area contributed by atoms with Crippen molar-refractivity contribution in [2.24, 2.45) is 0 Å². The Morgan fingerprint density at radius 3 is 2.57 bits per heavy atom. The maximum atomic E-state index is 12.2. The first-order chi connectivity index (χ1) is 11.1. The Morgan fingerprint density at radius 2 is 1.91 bits per heavy atom. The molecule has 126 valence electrons. The molecule has 0 aromatic heterocycles. The van der Waals surface area contributed by atoms with E-state index in [1.165, 1.54) is 5.56 Å². The number of benzene rings is 1. The fourth-order valence-electron chi connectivity index (χ4n) is 3.33. The molecular formula is C18H26N2O3. The summed E-state index contributed by atoms with van der Waals surface area (Å²) < 4.78 is 11.5. The molecule has 1 N–H and O–H groups in total. The molecule has 0 unspecified atom stereocenters. The van der Waals surface area contributed by atoms with Crippen LogP contribution in [-0.4, -0.2) is 49.4 Å². The third-order valence-corrected chi connectivity index (χ3v) is 4.74. The van der Waals surface area contributed by atoms with Gasteiger partial charge in [-0.3, -0.25) is 4.79 Å². The van der Waals surface area contributed by atoms with Crippen LogP contribution in [-0.2, 0) is 14.3 Å². The molecule has 1 spiro atoms. The number of rotatable bonds is 4. The number of ether oxygens (including phenoxy) is 2. The van der Waals surface area contributed by atoms with Crippen LogP contribution in [0.25, 0.3) is 0 Å². The van der Waals surface area contributed by atoms with Crippen LogP contribution in [0.2, 0.25) is 0 Å². The van der Waals surface area contributed by atoms with Gasteiger partial charge in [0.25, 0.3) is 0 Å². The maximum absolute atomic E-state index is 12.2. The van der Waals surface area contributed by atoms with Crippen molar-refractivity contribution in [1.29, 1.82) is 0 Å². The lowest BCUT2D eigenvalue weighted by molar-refractivity contribution is -0.185. The number of likely N-dealkylation sites (tertiary alicyclic amines) is 1. The lowest BCUT2D eigenvalue weighted by atomic mass is 10.0. The quantitative estimate of drug-likeness (QED) is 0.926. The summed E-state index contributed by atoms with van der Waals surface area (Å²) in [6, 6.07) is 6.08. The molecule has 0 radical (unpaired) electrons. The Hall–Kier alpha value is -1.43. The smallest absolute Gasteiger partial charge is 0.225 e. The molecule has 0 saturated carbocycles. The lowest BCUT2D eigenvalue weighted by Crippen LogP contribution is -2.45. The van der Waals surface area contributed by atoms with Crippen LogP contribution in [0.1, 0.15) is 30.4 Å². The second kappa shape index (κ2) is 6.99. The highest BCUT2D eigenvalue weighted by molar-refractivity contribution is 5.91. The largest absolute Gasteiger partial charge is 0.347 e. The van der Waals surface area contributed by atoms with Crippen LogP contribution in [0.15, 0.2) is 18.2 Å². The minimum atomic E-state index is -0.336. The van der Waals surface area contributed by atoms with Crippen molar-refractivity contribution < 1.29 is 14.3 Å². The third kappa shape index (κ3) is 4.10. The number of nitrogens with one attached hydrogen (secondary N) is 1. The number of anilines is 1. The van der Waals surface area contributed by atoms with Crippen molar-refractivity contribution in [1.82, 2.24) is 4.90 Å². The first-order valence-corrected chi connectivity index (χ1v) is 8.44. The molecule has 5 heteroatoms. The zero-order chi connectivity index (χ0) is 16.3. The van der Waals surface area contributed by atoms with Crippen LogP contribution in [0, 0.1) is 13.8 Å². The summed E-state index contributed by atoms with van der Waals surface area (Å²) in [7, 11) is 0. The van der Waals surface area contributed by atoms with Gasteiger partial charge in [-0.05, 0) is 25.5 Å². The predicted molar refractivity (Wildman–Crippen MR) is 89.5 cm³/mol. The molecule has 0 bridgehead atoms. The van der Waals surface area contributed by atoms with Crippen molar-refractivity contribution in [3.63, 3.8) is 0 Å². The van der Waals surface area contributed by atoms with E-state index < -0.39 is 0 Å². The fraction of sp³-hybridized carbons (Fsp3) is 0.611. The fourth-order valence-corrected chi connectivity index (χ4v) is 3.33. The molecule has 1 aromatic rings. The summed E-state index contributed by atoms with van der Waals surface area (Å²) in [5.74, 6) is -0.261. The average Bonchev–Trinajstić information content (AvgIpc) is 2.98. The highest BCUT2D eigenvalue weighted by atomic mass is 16.7. The Balaban J connectivity index is 1.43. The highest BCUT2D eigenvalue weighted by Gasteiger charge is 2.39. The standard InChI is InChI=1S/C18H26N2O3/c1-14-3-4-16(15(2)13-14)19-17(21)5-8-20-9-6-18(7-10-20)22-11-12-23-18/h3-4,13H,5-12H2,1-2H3,(H,19,21). The molecule has 0 atom stereocenters.